The van der Waals surface area contributed by atoms with Crippen molar-refractivity contribution in [3.63, 3.8) is 0 Å². The van der Waals surface area contributed by atoms with Crippen LogP contribution in [0.1, 0.15) is 24.1 Å². The molecule has 0 fully saturated rings. The first kappa shape index (κ1) is 14.4. The molecule has 0 heterocycles. The summed E-state index contributed by atoms with van der Waals surface area (Å²) in [6.07, 6.45) is 0. The van der Waals surface area contributed by atoms with Gasteiger partial charge in [-0.05, 0) is 24.2 Å². The van der Waals surface area contributed by atoms with Gasteiger partial charge in [0.15, 0.2) is 0 Å². The Bertz CT molecular complexity index is 518. The van der Waals surface area contributed by atoms with Gasteiger partial charge in [-0.2, -0.15) is 0 Å². The molecule has 0 saturated heterocycles. The first-order valence-electron chi connectivity index (χ1n) is 6.81. The highest BCUT2D eigenvalue weighted by Gasteiger charge is 2.21. The molecule has 1 atom stereocenters. The standard InChI is InChI=1S/C17H21NO2/c1-4-18-17(13-9-6-5-7-10-13)16-14(19-2)11-8-12-15(16)20-3/h5-12,17-18H,4H2,1-3H3. The molecule has 0 bridgehead atoms. The summed E-state index contributed by atoms with van der Waals surface area (Å²) in [6, 6.07) is 16.2. The van der Waals surface area contributed by atoms with Crippen LogP contribution < -0.4 is 14.8 Å². The van der Waals surface area contributed by atoms with E-state index in [1.54, 1.807) is 14.2 Å². The lowest BCUT2D eigenvalue weighted by Gasteiger charge is -2.23. The van der Waals surface area contributed by atoms with E-state index in [1.807, 2.05) is 36.4 Å². The number of benzene rings is 2. The lowest BCUT2D eigenvalue weighted by Crippen LogP contribution is -2.23. The molecule has 2 aromatic rings. The zero-order valence-corrected chi connectivity index (χ0v) is 12.2. The van der Waals surface area contributed by atoms with Gasteiger partial charge in [-0.1, -0.05) is 43.3 Å². The van der Waals surface area contributed by atoms with Gasteiger partial charge in [0.05, 0.1) is 25.8 Å². The van der Waals surface area contributed by atoms with Gasteiger partial charge in [-0.25, -0.2) is 0 Å². The van der Waals surface area contributed by atoms with E-state index in [0.717, 1.165) is 23.6 Å². The quantitative estimate of drug-likeness (QED) is 0.873. The van der Waals surface area contributed by atoms with Crippen molar-refractivity contribution >= 4 is 0 Å². The minimum absolute atomic E-state index is 0.0484. The zero-order valence-electron chi connectivity index (χ0n) is 12.2. The topological polar surface area (TPSA) is 30.5 Å². The third kappa shape index (κ3) is 2.94. The van der Waals surface area contributed by atoms with E-state index in [-0.39, 0.29) is 6.04 Å². The van der Waals surface area contributed by atoms with Gasteiger partial charge in [0.2, 0.25) is 0 Å². The van der Waals surface area contributed by atoms with Crippen LogP contribution >= 0.6 is 0 Å². The molecule has 2 aromatic carbocycles. The molecule has 20 heavy (non-hydrogen) atoms. The van der Waals surface area contributed by atoms with Gasteiger partial charge < -0.3 is 14.8 Å². The lowest BCUT2D eigenvalue weighted by molar-refractivity contribution is 0.377. The van der Waals surface area contributed by atoms with Crippen molar-refractivity contribution < 1.29 is 9.47 Å². The van der Waals surface area contributed by atoms with E-state index in [0.29, 0.717) is 0 Å². The Morgan fingerprint density at radius 2 is 1.50 bits per heavy atom. The molecule has 3 nitrogen and oxygen atoms in total. The van der Waals surface area contributed by atoms with Crippen LogP contribution in [0.2, 0.25) is 0 Å². The van der Waals surface area contributed by atoms with Crippen LogP contribution in [0.5, 0.6) is 11.5 Å². The Kier molecular flexibility index (Phi) is 5.02. The number of rotatable bonds is 6. The minimum atomic E-state index is 0.0484. The van der Waals surface area contributed by atoms with E-state index >= 15 is 0 Å². The van der Waals surface area contributed by atoms with Crippen molar-refractivity contribution in [2.75, 3.05) is 20.8 Å². The van der Waals surface area contributed by atoms with Crippen LogP contribution in [0, 0.1) is 0 Å². The normalized spacial score (nSPS) is 11.9. The number of hydrogen-bond donors (Lipinski definition) is 1. The summed E-state index contributed by atoms with van der Waals surface area (Å²) in [4.78, 5) is 0. The molecular formula is C17H21NO2. The molecule has 0 amide bonds. The molecule has 0 aliphatic rings. The van der Waals surface area contributed by atoms with Gasteiger partial charge in [0.1, 0.15) is 11.5 Å². The maximum atomic E-state index is 5.52. The Morgan fingerprint density at radius 3 is 2.00 bits per heavy atom. The molecule has 0 aromatic heterocycles. The first-order valence-corrected chi connectivity index (χ1v) is 6.81. The Labute approximate surface area is 120 Å². The van der Waals surface area contributed by atoms with Crippen molar-refractivity contribution in [2.45, 2.75) is 13.0 Å². The lowest BCUT2D eigenvalue weighted by atomic mass is 9.96. The van der Waals surface area contributed by atoms with Crippen molar-refractivity contribution in [1.29, 1.82) is 0 Å². The van der Waals surface area contributed by atoms with Crippen LogP contribution in [-0.2, 0) is 0 Å². The van der Waals surface area contributed by atoms with Gasteiger partial charge in [-0.3, -0.25) is 0 Å². The largest absolute Gasteiger partial charge is 0.496 e. The molecule has 0 radical (unpaired) electrons. The van der Waals surface area contributed by atoms with Gasteiger partial charge in [0, 0.05) is 0 Å². The molecule has 0 saturated carbocycles. The van der Waals surface area contributed by atoms with Crippen molar-refractivity contribution in [1.82, 2.24) is 5.32 Å². The predicted octanol–water partition coefficient (Wildman–Crippen LogP) is 3.40. The van der Waals surface area contributed by atoms with Crippen molar-refractivity contribution in [3.05, 3.63) is 59.7 Å². The summed E-state index contributed by atoms with van der Waals surface area (Å²) in [6.45, 7) is 2.96. The zero-order chi connectivity index (χ0) is 14.4. The highest BCUT2D eigenvalue weighted by atomic mass is 16.5. The second kappa shape index (κ2) is 6.96. The molecule has 1 N–H and O–H groups in total. The predicted molar refractivity (Wildman–Crippen MR) is 81.5 cm³/mol. The maximum absolute atomic E-state index is 5.52. The smallest absolute Gasteiger partial charge is 0.127 e. The van der Waals surface area contributed by atoms with E-state index in [9.17, 15) is 0 Å². The second-order valence-electron chi connectivity index (χ2n) is 4.48. The highest BCUT2D eigenvalue weighted by molar-refractivity contribution is 5.50. The van der Waals surface area contributed by atoms with Gasteiger partial charge >= 0.3 is 0 Å². The van der Waals surface area contributed by atoms with Crippen LogP contribution in [0.4, 0.5) is 0 Å². The Balaban J connectivity index is 2.54. The Hall–Kier alpha value is -2.00. The molecule has 1 unspecified atom stereocenters. The summed E-state index contributed by atoms with van der Waals surface area (Å²) in [5.41, 5.74) is 2.22. The monoisotopic (exact) mass is 271 g/mol. The van der Waals surface area contributed by atoms with E-state index in [4.69, 9.17) is 9.47 Å². The summed E-state index contributed by atoms with van der Waals surface area (Å²) >= 11 is 0. The fourth-order valence-corrected chi connectivity index (χ4v) is 2.40. The number of ether oxygens (including phenoxy) is 2. The van der Waals surface area contributed by atoms with Gasteiger partial charge in [-0.15, -0.1) is 0 Å². The summed E-state index contributed by atoms with van der Waals surface area (Å²) in [7, 11) is 3.37. The fourth-order valence-electron chi connectivity index (χ4n) is 2.40. The van der Waals surface area contributed by atoms with E-state index in [2.05, 4.69) is 24.4 Å². The number of hydrogen-bond acceptors (Lipinski definition) is 3. The van der Waals surface area contributed by atoms with Crippen LogP contribution in [0.25, 0.3) is 0 Å². The fraction of sp³-hybridized carbons (Fsp3) is 0.294. The number of nitrogens with one attached hydrogen (secondary N) is 1. The van der Waals surface area contributed by atoms with Gasteiger partial charge in [0.25, 0.3) is 0 Å². The molecule has 0 aliphatic heterocycles. The molecule has 3 heteroatoms. The summed E-state index contributed by atoms with van der Waals surface area (Å²) in [5, 5.41) is 3.50. The Morgan fingerprint density at radius 1 is 0.900 bits per heavy atom. The SMILES string of the molecule is CCNC(c1ccccc1)c1c(OC)cccc1OC. The van der Waals surface area contributed by atoms with E-state index < -0.39 is 0 Å². The first-order chi connectivity index (χ1) is 9.81. The molecule has 106 valence electrons. The van der Waals surface area contributed by atoms with E-state index in [1.165, 1.54) is 5.56 Å². The minimum Gasteiger partial charge on any atom is -0.496 e. The van der Waals surface area contributed by atoms with Crippen molar-refractivity contribution in [3.8, 4) is 11.5 Å². The molecule has 0 aliphatic carbocycles. The third-order valence-electron chi connectivity index (χ3n) is 3.30. The molecule has 0 spiro atoms. The average Bonchev–Trinajstić information content (AvgIpc) is 2.52. The highest BCUT2D eigenvalue weighted by Crippen LogP contribution is 2.37. The van der Waals surface area contributed by atoms with Crippen LogP contribution in [-0.4, -0.2) is 20.8 Å². The second-order valence-corrected chi connectivity index (χ2v) is 4.48. The third-order valence-corrected chi connectivity index (χ3v) is 3.30. The molecular weight excluding hydrogens is 250 g/mol. The van der Waals surface area contributed by atoms with Crippen LogP contribution in [0.15, 0.2) is 48.5 Å². The summed E-state index contributed by atoms with van der Waals surface area (Å²) in [5.74, 6) is 1.67. The molecule has 2 rings (SSSR count). The maximum Gasteiger partial charge on any atom is 0.127 e. The van der Waals surface area contributed by atoms with Crippen molar-refractivity contribution in [2.24, 2.45) is 0 Å². The number of methoxy groups -OCH3 is 2. The summed E-state index contributed by atoms with van der Waals surface area (Å²) < 4.78 is 11.0. The van der Waals surface area contributed by atoms with Crippen LogP contribution in [0.3, 0.4) is 0 Å². The average molecular weight is 271 g/mol.